The van der Waals surface area contributed by atoms with E-state index in [1.54, 1.807) is 22.0 Å². The molecule has 0 N–H and O–H groups in total. The topological polar surface area (TPSA) is 60.3 Å². The smallest absolute Gasteiger partial charge is 0.276 e. The van der Waals surface area contributed by atoms with Crippen LogP contribution in [0.2, 0.25) is 0 Å². The number of aromatic nitrogens is 3. The Morgan fingerprint density at radius 2 is 2.00 bits per heavy atom. The van der Waals surface area contributed by atoms with Crippen molar-refractivity contribution in [1.82, 2.24) is 14.8 Å². The molecule has 1 amide bonds. The molecule has 1 aliphatic rings. The van der Waals surface area contributed by atoms with Crippen LogP contribution in [-0.4, -0.2) is 27.2 Å². The first kappa shape index (κ1) is 15.4. The summed E-state index contributed by atoms with van der Waals surface area (Å²) in [5, 5.41) is 4.50. The molecule has 0 saturated heterocycles. The third-order valence-corrected chi connectivity index (χ3v) is 4.26. The highest BCUT2D eigenvalue weighted by Gasteiger charge is 2.28. The molecule has 126 valence electrons. The highest BCUT2D eigenvalue weighted by atomic mass is 16.5. The van der Waals surface area contributed by atoms with E-state index in [1.165, 1.54) is 0 Å². The van der Waals surface area contributed by atoms with Gasteiger partial charge in [0.2, 0.25) is 0 Å². The van der Waals surface area contributed by atoms with E-state index in [0.717, 1.165) is 22.7 Å². The number of carbonyl (C=O) groups is 1. The number of nitrogens with zero attached hydrogens (tertiary/aromatic N) is 4. The summed E-state index contributed by atoms with van der Waals surface area (Å²) in [6.07, 6.45) is 3.47. The van der Waals surface area contributed by atoms with Crippen LogP contribution in [0.5, 0.6) is 5.75 Å². The van der Waals surface area contributed by atoms with Gasteiger partial charge in [-0.25, -0.2) is 0 Å². The van der Waals surface area contributed by atoms with Crippen molar-refractivity contribution in [1.29, 1.82) is 0 Å². The number of carbonyl (C=O) groups excluding carboxylic acids is 1. The third-order valence-electron chi connectivity index (χ3n) is 4.26. The van der Waals surface area contributed by atoms with Gasteiger partial charge in [0.05, 0.1) is 18.4 Å². The number of aryl methyl sites for hydroxylation is 1. The number of ether oxygens (including phenoxy) is 1. The van der Waals surface area contributed by atoms with Crippen molar-refractivity contribution >= 4 is 11.6 Å². The van der Waals surface area contributed by atoms with Crippen LogP contribution in [0.4, 0.5) is 5.69 Å². The van der Waals surface area contributed by atoms with Crippen molar-refractivity contribution < 1.29 is 9.53 Å². The zero-order valence-corrected chi connectivity index (χ0v) is 13.9. The van der Waals surface area contributed by atoms with Gasteiger partial charge in [0.15, 0.2) is 0 Å². The van der Waals surface area contributed by atoms with Crippen LogP contribution < -0.4 is 9.64 Å². The maximum atomic E-state index is 12.9. The maximum Gasteiger partial charge on any atom is 0.276 e. The molecule has 0 saturated carbocycles. The molecule has 0 aliphatic carbocycles. The molecule has 6 nitrogen and oxygen atoms in total. The Balaban J connectivity index is 1.54. The molecule has 0 fully saturated rings. The summed E-state index contributed by atoms with van der Waals surface area (Å²) in [5.74, 6) is 0.730. The average molecular weight is 334 g/mol. The van der Waals surface area contributed by atoms with Gasteiger partial charge in [-0.15, -0.1) is 0 Å². The van der Waals surface area contributed by atoms with E-state index in [4.69, 9.17) is 4.74 Å². The van der Waals surface area contributed by atoms with E-state index < -0.39 is 0 Å². The molecule has 6 heteroatoms. The zero-order chi connectivity index (χ0) is 17.2. The highest BCUT2D eigenvalue weighted by Crippen LogP contribution is 2.24. The fourth-order valence-electron chi connectivity index (χ4n) is 2.96. The first-order chi connectivity index (χ1) is 12.2. The number of para-hydroxylation sites is 1. The predicted octanol–water partition coefficient (Wildman–Crippen LogP) is 2.83. The number of benzene rings is 1. The molecule has 0 radical (unpaired) electrons. The van der Waals surface area contributed by atoms with Crippen LogP contribution >= 0.6 is 0 Å². The Bertz CT molecular complexity index is 905. The van der Waals surface area contributed by atoms with Crippen LogP contribution in [0.15, 0.2) is 54.9 Å². The number of pyridine rings is 1. The standard InChI is InChI=1S/C19H18N4O2/c1-14-7-8-20-12-18(14)22-9-10-23-17(19(22)24)11-15(21-23)13-25-16-5-3-2-4-6-16/h2-8,11-12H,9-10,13H2,1H3. The molecule has 25 heavy (non-hydrogen) atoms. The van der Waals surface area contributed by atoms with Crippen LogP contribution in [0, 0.1) is 6.92 Å². The van der Waals surface area contributed by atoms with Gasteiger partial charge >= 0.3 is 0 Å². The maximum absolute atomic E-state index is 12.9. The van der Waals surface area contributed by atoms with Gasteiger partial charge in [0.1, 0.15) is 23.7 Å². The number of fused-ring (bicyclic) bond motifs is 1. The lowest BCUT2D eigenvalue weighted by Gasteiger charge is -2.28. The summed E-state index contributed by atoms with van der Waals surface area (Å²) in [4.78, 5) is 18.8. The molecule has 2 aromatic heterocycles. The Morgan fingerprint density at radius 1 is 1.16 bits per heavy atom. The highest BCUT2D eigenvalue weighted by molar-refractivity contribution is 6.06. The first-order valence-electron chi connectivity index (χ1n) is 8.19. The Kier molecular flexibility index (Phi) is 3.93. The Labute approximate surface area is 145 Å². The number of rotatable bonds is 4. The van der Waals surface area contributed by atoms with Gasteiger partial charge in [-0.1, -0.05) is 18.2 Å². The lowest BCUT2D eigenvalue weighted by molar-refractivity contribution is 0.0962. The largest absolute Gasteiger partial charge is 0.487 e. The van der Waals surface area contributed by atoms with Crippen molar-refractivity contribution in [2.45, 2.75) is 20.1 Å². The lowest BCUT2D eigenvalue weighted by Crippen LogP contribution is -2.40. The number of anilines is 1. The minimum Gasteiger partial charge on any atom is -0.487 e. The van der Waals surface area contributed by atoms with Crippen molar-refractivity contribution in [2.24, 2.45) is 0 Å². The van der Waals surface area contributed by atoms with Crippen LogP contribution in [0.1, 0.15) is 21.7 Å². The van der Waals surface area contributed by atoms with Crippen molar-refractivity contribution in [3.8, 4) is 5.75 Å². The van der Waals surface area contributed by atoms with Gasteiger partial charge in [-0.2, -0.15) is 5.10 Å². The molecule has 3 aromatic rings. The van der Waals surface area contributed by atoms with Crippen molar-refractivity contribution in [3.63, 3.8) is 0 Å². The summed E-state index contributed by atoms with van der Waals surface area (Å²) in [7, 11) is 0. The Hall–Kier alpha value is -3.15. The summed E-state index contributed by atoms with van der Waals surface area (Å²) in [6, 6.07) is 13.3. The molecule has 0 atom stereocenters. The van der Waals surface area contributed by atoms with Gasteiger partial charge in [0, 0.05) is 12.7 Å². The SMILES string of the molecule is Cc1ccncc1N1CCn2nc(COc3ccccc3)cc2C1=O. The second-order valence-electron chi connectivity index (χ2n) is 5.96. The van der Waals surface area contributed by atoms with Crippen LogP contribution in [0.3, 0.4) is 0 Å². The molecule has 1 aliphatic heterocycles. The fraction of sp³-hybridized carbons (Fsp3) is 0.211. The lowest BCUT2D eigenvalue weighted by atomic mass is 10.2. The number of amides is 1. The van der Waals surface area contributed by atoms with E-state index in [2.05, 4.69) is 10.1 Å². The molecular formula is C19H18N4O2. The molecule has 0 unspecified atom stereocenters. The van der Waals surface area contributed by atoms with Gasteiger partial charge in [0.25, 0.3) is 5.91 Å². The predicted molar refractivity (Wildman–Crippen MR) is 93.7 cm³/mol. The van der Waals surface area contributed by atoms with Gasteiger partial charge in [-0.05, 0) is 36.8 Å². The quantitative estimate of drug-likeness (QED) is 0.736. The van der Waals surface area contributed by atoms with E-state index >= 15 is 0 Å². The van der Waals surface area contributed by atoms with Gasteiger partial charge in [-0.3, -0.25) is 14.5 Å². The van der Waals surface area contributed by atoms with E-state index in [-0.39, 0.29) is 5.91 Å². The molecule has 0 bridgehead atoms. The zero-order valence-electron chi connectivity index (χ0n) is 13.9. The molecule has 4 rings (SSSR count). The fourth-order valence-corrected chi connectivity index (χ4v) is 2.96. The molecule has 3 heterocycles. The minimum absolute atomic E-state index is 0.0548. The van der Waals surface area contributed by atoms with Crippen molar-refractivity contribution in [2.75, 3.05) is 11.4 Å². The number of hydrogen-bond acceptors (Lipinski definition) is 4. The minimum atomic E-state index is -0.0548. The van der Waals surface area contributed by atoms with E-state index in [1.807, 2.05) is 49.4 Å². The molecular weight excluding hydrogens is 316 g/mol. The summed E-state index contributed by atoms with van der Waals surface area (Å²) in [5.41, 5.74) is 3.21. The number of hydrogen-bond donors (Lipinski definition) is 0. The second kappa shape index (κ2) is 6.39. The monoisotopic (exact) mass is 334 g/mol. The summed E-state index contributed by atoms with van der Waals surface area (Å²) < 4.78 is 7.48. The van der Waals surface area contributed by atoms with Crippen LogP contribution in [-0.2, 0) is 13.2 Å². The second-order valence-corrected chi connectivity index (χ2v) is 5.96. The first-order valence-corrected chi connectivity index (χ1v) is 8.19. The van der Waals surface area contributed by atoms with Gasteiger partial charge < -0.3 is 9.64 Å². The molecule has 0 spiro atoms. The average Bonchev–Trinajstić information content (AvgIpc) is 3.06. The summed E-state index contributed by atoms with van der Waals surface area (Å²) >= 11 is 0. The Morgan fingerprint density at radius 3 is 2.80 bits per heavy atom. The van der Waals surface area contributed by atoms with Crippen LogP contribution in [0.25, 0.3) is 0 Å². The third kappa shape index (κ3) is 2.98. The summed E-state index contributed by atoms with van der Waals surface area (Å²) in [6.45, 7) is 3.55. The van der Waals surface area contributed by atoms with E-state index in [9.17, 15) is 4.79 Å². The normalized spacial score (nSPS) is 13.6. The van der Waals surface area contributed by atoms with E-state index in [0.29, 0.717) is 25.4 Å². The van der Waals surface area contributed by atoms with Crippen molar-refractivity contribution in [3.05, 3.63) is 71.8 Å². The molecule has 1 aromatic carbocycles.